The second kappa shape index (κ2) is 26.8. The second-order valence-electron chi connectivity index (χ2n) is 26.1. The smallest absolute Gasteiger partial charge is 0.382 e. The van der Waals surface area contributed by atoms with E-state index in [-0.39, 0.29) is 107 Å². The van der Waals surface area contributed by atoms with Crippen LogP contribution in [0.25, 0.3) is 10.1 Å². The molecule has 6 aliphatic rings. The van der Waals surface area contributed by atoms with Gasteiger partial charge in [0, 0.05) is 73.5 Å². The number of hydrogen-bond donors (Lipinski definition) is 8. The van der Waals surface area contributed by atoms with Gasteiger partial charge in [-0.25, -0.2) is 8.78 Å². The van der Waals surface area contributed by atoms with Gasteiger partial charge in [-0.05, 0) is 134 Å². The Morgan fingerprint density at radius 1 is 0.804 bits per heavy atom. The first kappa shape index (κ1) is 67.2. The predicted octanol–water partition coefficient (Wildman–Crippen LogP) is 5.40. The number of carbonyl (C=O) groups is 10. The van der Waals surface area contributed by atoms with Crippen molar-refractivity contribution in [3.05, 3.63) is 99.4 Å². The number of anilines is 1. The number of imide groups is 2. The first-order valence-electron chi connectivity index (χ1n) is 30.9. The number of nitrogens with zero attached hydrogens (tertiary/aromatic N) is 4. The number of nitrogens with one attached hydrogen (secondary N) is 5. The quantitative estimate of drug-likeness (QED) is 0.0331. The zero-order valence-electron chi connectivity index (χ0n) is 51.0. The van der Waals surface area contributed by atoms with Crippen LogP contribution in [0.4, 0.5) is 23.2 Å². The fraction of sp³-hybridized carbons (Fsp3) is 0.524. The molecule has 5 aliphatic heterocycles. The normalized spacial score (nSPS) is 22.4. The van der Waals surface area contributed by atoms with Crippen molar-refractivity contribution < 1.29 is 79.9 Å². The van der Waals surface area contributed by atoms with Crippen LogP contribution in [0, 0.1) is 5.41 Å². The molecular formula is C63H75F4N10O13PS. The molecule has 1 unspecified atom stereocenters. The number of alkyl halides is 4. The molecule has 0 radical (unpaired) electrons. The van der Waals surface area contributed by atoms with Crippen molar-refractivity contribution in [2.45, 2.75) is 170 Å². The second-order valence-corrected chi connectivity index (χ2v) is 28.9. The molecule has 23 nitrogen and oxygen atoms in total. The van der Waals surface area contributed by atoms with Crippen LogP contribution in [-0.2, 0) is 55.6 Å². The van der Waals surface area contributed by atoms with Gasteiger partial charge in [0.05, 0.1) is 22.5 Å². The number of halogens is 4. The molecule has 29 heteroatoms. The molecule has 1 saturated carbocycles. The van der Waals surface area contributed by atoms with E-state index >= 15 is 0 Å². The number of amides is 10. The Morgan fingerprint density at radius 2 is 1.49 bits per heavy atom. The van der Waals surface area contributed by atoms with Gasteiger partial charge in [0.15, 0.2) is 0 Å². The van der Waals surface area contributed by atoms with Gasteiger partial charge < -0.3 is 46.6 Å². The van der Waals surface area contributed by atoms with Crippen LogP contribution in [0.1, 0.15) is 151 Å². The molecule has 92 heavy (non-hydrogen) atoms. The van der Waals surface area contributed by atoms with E-state index in [1.54, 1.807) is 23.1 Å². The molecule has 9 N–H and O–H groups in total. The van der Waals surface area contributed by atoms with Crippen molar-refractivity contribution in [2.75, 3.05) is 38.0 Å². The number of primary amides is 1. The largest absolute Gasteiger partial charge is 0.399 e. The molecule has 4 saturated heterocycles. The topological polar surface area (TPSA) is 327 Å². The molecule has 6 heterocycles. The van der Waals surface area contributed by atoms with E-state index in [0.717, 1.165) is 71.2 Å². The van der Waals surface area contributed by atoms with E-state index in [0.29, 0.717) is 31.6 Å². The highest BCUT2D eigenvalue weighted by Crippen LogP contribution is 2.59. The van der Waals surface area contributed by atoms with Gasteiger partial charge in [-0.3, -0.25) is 67.6 Å². The molecule has 3 aromatic carbocycles. The number of rotatable bonds is 19. The molecule has 0 bridgehead atoms. The summed E-state index contributed by atoms with van der Waals surface area (Å²) in [5, 5.41) is 14.0. The zero-order chi connectivity index (χ0) is 66.4. The number of likely N-dealkylation sites (tertiary alicyclic amines) is 1. The van der Waals surface area contributed by atoms with Crippen LogP contribution in [0.3, 0.4) is 0 Å². The molecule has 10 amide bonds. The Kier molecular flexibility index (Phi) is 19.6. The summed E-state index contributed by atoms with van der Waals surface area (Å²) in [7, 11) is -5.94. The standard InChI is InChI=1S/C63H75F4N10O13PS/c1-61(2,3)36-6-4-34(5-7-36)28-44(59(86)75-26-23-62(24-27-75)21-18-38(19-22-62)69-39-9-11-41-42(31-39)58(85)77(57(41)84)47-14-17-52(79)73-55(47)82)71-53(80)43(12-16-51(68)78)70-54(81)46-13-10-40-20-25-74(33-50(64)65)32-45(60(87)76(40)46)72-56(83)49-30-35-29-37(8-15-48(35)92-49)63(66,67)91(88,89)90/h4-9,11,15,29-31,38,40,43-47,50,69H,10,12-14,16-28,32-33H2,1-3H3,(H2,68,78)(H,70,81)(H,71,80)(H,72,83)(H,73,79,82)(H2,88,89,90)/t40-,43+,44+,45+,46+,47?/m1/s1. The molecule has 1 aliphatic carbocycles. The summed E-state index contributed by atoms with van der Waals surface area (Å²) < 4.78 is 69.1. The molecule has 10 rings (SSSR count). The molecule has 494 valence electrons. The Morgan fingerprint density at radius 3 is 2.14 bits per heavy atom. The molecule has 4 aromatic rings. The van der Waals surface area contributed by atoms with E-state index in [2.05, 4.69) is 47.4 Å². The highest BCUT2D eigenvalue weighted by molar-refractivity contribution is 7.52. The van der Waals surface area contributed by atoms with E-state index in [9.17, 15) is 79.9 Å². The third-order valence-electron chi connectivity index (χ3n) is 18.9. The highest BCUT2D eigenvalue weighted by atomic mass is 32.1. The molecule has 1 aromatic heterocycles. The molecule has 6 atom stereocenters. The fourth-order valence-corrected chi connectivity index (χ4v) is 15.1. The minimum atomic E-state index is -5.94. The predicted molar refractivity (Wildman–Crippen MR) is 328 cm³/mol. The number of hydrogen-bond acceptors (Lipinski definition) is 14. The monoisotopic (exact) mass is 1320 g/mol. The van der Waals surface area contributed by atoms with Crippen LogP contribution in [0.2, 0.25) is 0 Å². The van der Waals surface area contributed by atoms with Crippen LogP contribution in [0.5, 0.6) is 0 Å². The van der Waals surface area contributed by atoms with Crippen molar-refractivity contribution in [3.8, 4) is 0 Å². The zero-order valence-corrected chi connectivity index (χ0v) is 52.7. The Bertz CT molecular complexity index is 3640. The van der Waals surface area contributed by atoms with Crippen molar-refractivity contribution in [1.82, 2.24) is 40.9 Å². The summed E-state index contributed by atoms with van der Waals surface area (Å²) >= 11 is 0.813. The number of benzene rings is 3. The lowest BCUT2D eigenvalue weighted by Gasteiger charge is -2.46. The summed E-state index contributed by atoms with van der Waals surface area (Å²) in [6, 6.07) is 9.35. The molecular weight excluding hydrogens is 1240 g/mol. The lowest BCUT2D eigenvalue weighted by molar-refractivity contribution is -0.144. The lowest BCUT2D eigenvalue weighted by atomic mass is 9.67. The highest BCUT2D eigenvalue weighted by Gasteiger charge is 2.51. The third kappa shape index (κ3) is 14.6. The Labute approximate surface area is 531 Å². The summed E-state index contributed by atoms with van der Waals surface area (Å²) in [4.78, 5) is 160. The summed E-state index contributed by atoms with van der Waals surface area (Å²) in [6.07, 6.45) is 1.55. The molecule has 1 spiro atoms. The van der Waals surface area contributed by atoms with Crippen LogP contribution in [-0.4, -0.2) is 170 Å². The van der Waals surface area contributed by atoms with Gasteiger partial charge in [-0.15, -0.1) is 11.3 Å². The van der Waals surface area contributed by atoms with Gasteiger partial charge in [0.2, 0.25) is 41.4 Å². The first-order chi connectivity index (χ1) is 43.4. The van der Waals surface area contributed by atoms with Gasteiger partial charge in [0.1, 0.15) is 30.2 Å². The maximum absolute atomic E-state index is 14.9. The summed E-state index contributed by atoms with van der Waals surface area (Å²) in [5.74, 6) is -6.84. The van der Waals surface area contributed by atoms with Crippen molar-refractivity contribution >= 4 is 93.8 Å². The minimum Gasteiger partial charge on any atom is -0.382 e. The SMILES string of the molecule is CC(C)(C)c1ccc(C[C@H](NC(=O)[C@H](CCC(N)=O)NC(=O)[C@@H]2CC[C@@H]3CCN(CC(F)F)C[C@H](NC(=O)c4cc5cc(C(F)(F)P(=O)(O)O)ccc5s4)C(=O)N32)C(=O)N2CCC3(CCC(Nc4ccc5c(c4)C(=O)N(C4CCC(=O)NC4=O)C5=O)CC3)CC2)cc1. The van der Waals surface area contributed by atoms with Crippen molar-refractivity contribution in [2.24, 2.45) is 11.1 Å². The average Bonchev–Trinajstić information content (AvgIpc) is 1.60. The number of carbonyl (C=O) groups excluding carboxylic acids is 10. The van der Waals surface area contributed by atoms with E-state index in [1.165, 1.54) is 15.9 Å². The van der Waals surface area contributed by atoms with Gasteiger partial charge in [0.25, 0.3) is 24.1 Å². The van der Waals surface area contributed by atoms with Gasteiger partial charge in [-0.1, -0.05) is 51.1 Å². The van der Waals surface area contributed by atoms with E-state index < -0.39 is 128 Å². The summed E-state index contributed by atoms with van der Waals surface area (Å²) in [6.45, 7) is 5.77. The lowest BCUT2D eigenvalue weighted by Crippen LogP contribution is -2.62. The molecule has 5 fully saturated rings. The Hall–Kier alpha value is -7.65. The number of nitrogens with two attached hydrogens (primary N) is 1. The van der Waals surface area contributed by atoms with E-state index in [4.69, 9.17) is 5.73 Å². The maximum atomic E-state index is 14.9. The van der Waals surface area contributed by atoms with Gasteiger partial charge in [-0.2, -0.15) is 8.78 Å². The summed E-state index contributed by atoms with van der Waals surface area (Å²) in [5.41, 5.74) is 2.51. The van der Waals surface area contributed by atoms with E-state index in [1.807, 2.05) is 24.3 Å². The van der Waals surface area contributed by atoms with Crippen LogP contribution in [0.15, 0.2) is 66.7 Å². The minimum absolute atomic E-state index is 0.00719. The van der Waals surface area contributed by atoms with Crippen molar-refractivity contribution in [1.29, 1.82) is 0 Å². The van der Waals surface area contributed by atoms with Crippen LogP contribution >= 0.6 is 18.9 Å². The fourth-order valence-electron chi connectivity index (χ4n) is 13.7. The number of piperidine rings is 2. The maximum Gasteiger partial charge on any atom is 0.399 e. The van der Waals surface area contributed by atoms with Gasteiger partial charge >= 0.3 is 13.3 Å². The van der Waals surface area contributed by atoms with Crippen molar-refractivity contribution in [3.63, 3.8) is 0 Å². The number of thiophene rings is 1. The number of fused-ring (bicyclic) bond motifs is 3. The van der Waals surface area contributed by atoms with Crippen LogP contribution < -0.4 is 32.3 Å². The first-order valence-corrected chi connectivity index (χ1v) is 33.3. The third-order valence-corrected chi connectivity index (χ3v) is 21.0. The Balaban J connectivity index is 0.811. The average molecular weight is 1320 g/mol.